The molecule has 1 aromatic carbocycles. The summed E-state index contributed by atoms with van der Waals surface area (Å²) in [5, 5.41) is 3.41. The molecule has 1 N–H and O–H groups in total. The van der Waals surface area contributed by atoms with Gasteiger partial charge in [0.25, 0.3) is 0 Å². The van der Waals surface area contributed by atoms with Crippen LogP contribution in [0.1, 0.15) is 18.7 Å². The lowest BCUT2D eigenvalue weighted by Gasteiger charge is -2.38. The van der Waals surface area contributed by atoms with E-state index in [-0.39, 0.29) is 0 Å². The van der Waals surface area contributed by atoms with E-state index in [4.69, 9.17) is 4.74 Å². The zero-order valence-electron chi connectivity index (χ0n) is 12.2. The van der Waals surface area contributed by atoms with Crippen molar-refractivity contribution in [3.05, 3.63) is 29.8 Å². The predicted octanol–water partition coefficient (Wildman–Crippen LogP) is 1.55. The molecule has 1 aliphatic heterocycles. The highest BCUT2D eigenvalue weighted by Crippen LogP contribution is 2.25. The van der Waals surface area contributed by atoms with E-state index in [0.29, 0.717) is 12.8 Å². The van der Waals surface area contributed by atoms with Crippen LogP contribution in [0, 0.1) is 0 Å². The van der Waals surface area contributed by atoms with Crippen molar-refractivity contribution < 1.29 is 4.74 Å². The predicted molar refractivity (Wildman–Crippen MR) is 78.5 cm³/mol. The average Bonchev–Trinajstić information content (AvgIpc) is 2.42. The molecule has 0 aliphatic carbocycles. The van der Waals surface area contributed by atoms with Crippen molar-refractivity contribution in [2.75, 3.05) is 46.9 Å². The van der Waals surface area contributed by atoms with Crippen LogP contribution in [0.25, 0.3) is 0 Å². The first-order chi connectivity index (χ1) is 9.22. The lowest BCUT2D eigenvalue weighted by Crippen LogP contribution is -2.48. The Morgan fingerprint density at radius 2 is 1.84 bits per heavy atom. The Labute approximate surface area is 116 Å². The molecular weight excluding hydrogens is 238 g/mol. The Kier molecular flexibility index (Phi) is 5.19. The molecule has 4 nitrogen and oxygen atoms in total. The van der Waals surface area contributed by atoms with Crippen molar-refractivity contribution in [3.63, 3.8) is 0 Å². The summed E-state index contributed by atoms with van der Waals surface area (Å²) in [6, 6.07) is 8.49. The molecule has 1 unspecified atom stereocenters. The second kappa shape index (κ2) is 6.89. The van der Waals surface area contributed by atoms with Gasteiger partial charge >= 0.3 is 0 Å². The SMILES string of the molecule is CCOc1ccc(C(N(C)C)N2CCNCC2)cc1. The topological polar surface area (TPSA) is 27.7 Å². The zero-order chi connectivity index (χ0) is 13.7. The number of piperazine rings is 1. The van der Waals surface area contributed by atoms with Gasteiger partial charge < -0.3 is 10.1 Å². The van der Waals surface area contributed by atoms with E-state index in [2.05, 4.69) is 53.5 Å². The lowest BCUT2D eigenvalue weighted by atomic mass is 10.1. The second-order valence-electron chi connectivity index (χ2n) is 5.13. The second-order valence-corrected chi connectivity index (χ2v) is 5.13. The highest BCUT2D eigenvalue weighted by molar-refractivity contribution is 5.29. The van der Waals surface area contributed by atoms with Gasteiger partial charge in [-0.05, 0) is 38.7 Å². The van der Waals surface area contributed by atoms with Crippen LogP contribution in [0.3, 0.4) is 0 Å². The van der Waals surface area contributed by atoms with Gasteiger partial charge in [0.05, 0.1) is 12.8 Å². The zero-order valence-corrected chi connectivity index (χ0v) is 12.2. The Hall–Kier alpha value is -1.10. The van der Waals surface area contributed by atoms with Gasteiger partial charge in [0.15, 0.2) is 0 Å². The van der Waals surface area contributed by atoms with Crippen molar-refractivity contribution in [1.29, 1.82) is 0 Å². The highest BCUT2D eigenvalue weighted by Gasteiger charge is 2.23. The first-order valence-electron chi connectivity index (χ1n) is 7.06. The average molecular weight is 263 g/mol. The van der Waals surface area contributed by atoms with Crippen molar-refractivity contribution in [2.45, 2.75) is 13.1 Å². The molecule has 0 saturated carbocycles. The van der Waals surface area contributed by atoms with Gasteiger partial charge in [0.2, 0.25) is 0 Å². The van der Waals surface area contributed by atoms with E-state index in [9.17, 15) is 0 Å². The molecule has 0 spiro atoms. The van der Waals surface area contributed by atoms with Crippen LogP contribution in [0.15, 0.2) is 24.3 Å². The summed E-state index contributed by atoms with van der Waals surface area (Å²) in [5.74, 6) is 0.948. The molecule has 0 bridgehead atoms. The Balaban J connectivity index is 2.13. The van der Waals surface area contributed by atoms with E-state index < -0.39 is 0 Å². The Morgan fingerprint density at radius 1 is 1.21 bits per heavy atom. The fraction of sp³-hybridized carbons (Fsp3) is 0.600. The van der Waals surface area contributed by atoms with Gasteiger partial charge in [0, 0.05) is 26.2 Å². The smallest absolute Gasteiger partial charge is 0.119 e. The third-order valence-electron chi connectivity index (χ3n) is 3.48. The third kappa shape index (κ3) is 3.69. The standard InChI is InChI=1S/C15H25N3O/c1-4-19-14-7-5-13(6-8-14)15(17(2)3)18-11-9-16-10-12-18/h5-8,15-16H,4,9-12H2,1-3H3. The van der Waals surface area contributed by atoms with Crippen LogP contribution < -0.4 is 10.1 Å². The number of benzene rings is 1. The molecule has 1 fully saturated rings. The summed E-state index contributed by atoms with van der Waals surface area (Å²) in [4.78, 5) is 4.80. The molecule has 4 heteroatoms. The largest absolute Gasteiger partial charge is 0.494 e. The number of nitrogens with one attached hydrogen (secondary N) is 1. The van der Waals surface area contributed by atoms with Crippen LogP contribution >= 0.6 is 0 Å². The molecule has 1 heterocycles. The minimum atomic E-state index is 0.345. The summed E-state index contributed by atoms with van der Waals surface area (Å²) in [5.41, 5.74) is 1.33. The van der Waals surface area contributed by atoms with Crippen LogP contribution in [0.5, 0.6) is 5.75 Å². The number of ether oxygens (including phenoxy) is 1. The van der Waals surface area contributed by atoms with E-state index in [1.165, 1.54) is 5.56 Å². The molecule has 0 radical (unpaired) electrons. The number of nitrogens with zero attached hydrogens (tertiary/aromatic N) is 2. The molecule has 1 atom stereocenters. The van der Waals surface area contributed by atoms with E-state index in [1.807, 2.05) is 6.92 Å². The number of hydrogen-bond donors (Lipinski definition) is 1. The fourth-order valence-electron chi connectivity index (χ4n) is 2.67. The summed E-state index contributed by atoms with van der Waals surface area (Å²) in [7, 11) is 4.28. The van der Waals surface area contributed by atoms with Gasteiger partial charge in [-0.2, -0.15) is 0 Å². The van der Waals surface area contributed by atoms with Crippen LogP contribution in [-0.4, -0.2) is 56.7 Å². The van der Waals surface area contributed by atoms with Crippen molar-refractivity contribution in [3.8, 4) is 5.75 Å². The van der Waals surface area contributed by atoms with Gasteiger partial charge in [-0.3, -0.25) is 9.80 Å². The van der Waals surface area contributed by atoms with Gasteiger partial charge in [-0.15, -0.1) is 0 Å². The van der Waals surface area contributed by atoms with Crippen LogP contribution in [0.4, 0.5) is 0 Å². The number of hydrogen-bond acceptors (Lipinski definition) is 4. The maximum absolute atomic E-state index is 5.51. The van der Waals surface area contributed by atoms with Crippen LogP contribution in [-0.2, 0) is 0 Å². The summed E-state index contributed by atoms with van der Waals surface area (Å²) < 4.78 is 5.51. The van der Waals surface area contributed by atoms with E-state index in [0.717, 1.165) is 31.9 Å². The Morgan fingerprint density at radius 3 is 2.37 bits per heavy atom. The molecule has 0 aromatic heterocycles. The van der Waals surface area contributed by atoms with Crippen molar-refractivity contribution in [1.82, 2.24) is 15.1 Å². The minimum absolute atomic E-state index is 0.345. The monoisotopic (exact) mass is 263 g/mol. The normalized spacial score (nSPS) is 18.5. The van der Waals surface area contributed by atoms with Gasteiger partial charge in [-0.25, -0.2) is 0 Å². The fourth-order valence-corrected chi connectivity index (χ4v) is 2.67. The first kappa shape index (κ1) is 14.3. The molecule has 1 aliphatic rings. The maximum atomic E-state index is 5.51. The summed E-state index contributed by atoms with van der Waals surface area (Å²) >= 11 is 0. The quantitative estimate of drug-likeness (QED) is 0.872. The lowest BCUT2D eigenvalue weighted by molar-refractivity contribution is 0.0672. The van der Waals surface area contributed by atoms with E-state index in [1.54, 1.807) is 0 Å². The van der Waals surface area contributed by atoms with E-state index >= 15 is 0 Å². The molecule has 106 valence electrons. The highest BCUT2D eigenvalue weighted by atomic mass is 16.5. The third-order valence-corrected chi connectivity index (χ3v) is 3.48. The minimum Gasteiger partial charge on any atom is -0.494 e. The van der Waals surface area contributed by atoms with Crippen molar-refractivity contribution in [2.24, 2.45) is 0 Å². The molecule has 19 heavy (non-hydrogen) atoms. The van der Waals surface area contributed by atoms with Crippen LogP contribution in [0.2, 0.25) is 0 Å². The van der Waals surface area contributed by atoms with Gasteiger partial charge in [-0.1, -0.05) is 12.1 Å². The number of rotatable bonds is 5. The molecule has 1 saturated heterocycles. The molecular formula is C15H25N3O. The van der Waals surface area contributed by atoms with Crippen molar-refractivity contribution >= 4 is 0 Å². The summed E-state index contributed by atoms with van der Waals surface area (Å²) in [6.45, 7) is 7.06. The van der Waals surface area contributed by atoms with Gasteiger partial charge in [0.1, 0.15) is 5.75 Å². The maximum Gasteiger partial charge on any atom is 0.119 e. The Bertz CT molecular complexity index is 371. The molecule has 0 amide bonds. The summed E-state index contributed by atoms with van der Waals surface area (Å²) in [6.07, 6.45) is 0.345. The molecule has 1 aromatic rings. The first-order valence-corrected chi connectivity index (χ1v) is 7.06. The molecule has 2 rings (SSSR count).